The van der Waals surface area contributed by atoms with E-state index in [-0.39, 0.29) is 5.41 Å². The lowest BCUT2D eigenvalue weighted by Crippen LogP contribution is -2.35. The van der Waals surface area contributed by atoms with Crippen LogP contribution in [-0.2, 0) is 16.7 Å². The van der Waals surface area contributed by atoms with Crippen molar-refractivity contribution in [3.8, 4) is 16.9 Å². The first-order chi connectivity index (χ1) is 11.4. The molecule has 24 heavy (non-hydrogen) atoms. The SMILES string of the molecule is CC(C)(C)c1cc(CN2CCOCC2)c(O)c(-c2ccccc2)c1. The van der Waals surface area contributed by atoms with Crippen molar-refractivity contribution in [2.24, 2.45) is 0 Å². The number of rotatable bonds is 3. The molecule has 128 valence electrons. The molecule has 0 saturated carbocycles. The molecule has 0 amide bonds. The standard InChI is InChI=1S/C21H27NO2/c1-21(2,3)18-13-17(15-22-9-11-24-12-10-22)20(23)19(14-18)16-7-5-4-6-8-16/h4-8,13-14,23H,9-12,15H2,1-3H3. The quantitative estimate of drug-likeness (QED) is 0.918. The Bertz CT molecular complexity index is 683. The number of ether oxygens (including phenoxy) is 1. The van der Waals surface area contributed by atoms with Gasteiger partial charge in [-0.25, -0.2) is 0 Å². The van der Waals surface area contributed by atoms with Crippen molar-refractivity contribution in [2.75, 3.05) is 26.3 Å². The minimum absolute atomic E-state index is 0.0387. The number of hydrogen-bond donors (Lipinski definition) is 1. The lowest BCUT2D eigenvalue weighted by atomic mass is 9.83. The highest BCUT2D eigenvalue weighted by molar-refractivity contribution is 5.73. The second kappa shape index (κ2) is 6.96. The van der Waals surface area contributed by atoms with E-state index in [1.54, 1.807) is 0 Å². The minimum Gasteiger partial charge on any atom is -0.507 e. The maximum absolute atomic E-state index is 10.9. The van der Waals surface area contributed by atoms with Crippen molar-refractivity contribution in [1.82, 2.24) is 4.90 Å². The highest BCUT2D eigenvalue weighted by Gasteiger charge is 2.21. The summed E-state index contributed by atoms with van der Waals surface area (Å²) in [5.74, 6) is 0.403. The first-order valence-electron chi connectivity index (χ1n) is 8.67. The molecule has 3 nitrogen and oxygen atoms in total. The number of benzene rings is 2. The Morgan fingerprint density at radius 2 is 1.71 bits per heavy atom. The third kappa shape index (κ3) is 3.80. The van der Waals surface area contributed by atoms with Gasteiger partial charge in [-0.1, -0.05) is 57.2 Å². The first kappa shape index (κ1) is 17.0. The summed E-state index contributed by atoms with van der Waals surface area (Å²) in [6.07, 6.45) is 0. The van der Waals surface area contributed by atoms with Crippen molar-refractivity contribution in [3.63, 3.8) is 0 Å². The van der Waals surface area contributed by atoms with E-state index in [1.165, 1.54) is 5.56 Å². The topological polar surface area (TPSA) is 32.7 Å². The molecule has 1 N–H and O–H groups in total. The summed E-state index contributed by atoms with van der Waals surface area (Å²) in [6.45, 7) is 10.8. The summed E-state index contributed by atoms with van der Waals surface area (Å²) in [4.78, 5) is 2.35. The summed E-state index contributed by atoms with van der Waals surface area (Å²) in [6, 6.07) is 14.4. The van der Waals surface area contributed by atoms with Gasteiger partial charge in [-0.05, 0) is 22.6 Å². The van der Waals surface area contributed by atoms with Gasteiger partial charge in [-0.15, -0.1) is 0 Å². The molecule has 1 saturated heterocycles. The van der Waals surface area contributed by atoms with Crippen LogP contribution in [0, 0.1) is 0 Å². The van der Waals surface area contributed by atoms with Gasteiger partial charge in [0.25, 0.3) is 0 Å². The van der Waals surface area contributed by atoms with E-state index in [9.17, 15) is 5.11 Å². The summed E-state index contributed by atoms with van der Waals surface area (Å²) >= 11 is 0. The van der Waals surface area contributed by atoms with Crippen LogP contribution in [0.25, 0.3) is 11.1 Å². The van der Waals surface area contributed by atoms with Crippen LogP contribution in [0.1, 0.15) is 31.9 Å². The van der Waals surface area contributed by atoms with Crippen LogP contribution in [-0.4, -0.2) is 36.3 Å². The number of phenols is 1. The van der Waals surface area contributed by atoms with Crippen LogP contribution >= 0.6 is 0 Å². The van der Waals surface area contributed by atoms with Crippen LogP contribution < -0.4 is 0 Å². The number of nitrogens with zero attached hydrogens (tertiary/aromatic N) is 1. The Morgan fingerprint density at radius 1 is 1.04 bits per heavy atom. The van der Waals surface area contributed by atoms with Gasteiger partial charge < -0.3 is 9.84 Å². The molecule has 1 aliphatic heterocycles. The zero-order valence-corrected chi connectivity index (χ0v) is 14.9. The van der Waals surface area contributed by atoms with Crippen molar-refractivity contribution in [3.05, 3.63) is 53.6 Å². The van der Waals surface area contributed by atoms with Gasteiger partial charge in [0.15, 0.2) is 0 Å². The Morgan fingerprint density at radius 3 is 2.33 bits per heavy atom. The fourth-order valence-corrected chi connectivity index (χ4v) is 3.09. The summed E-state index contributed by atoms with van der Waals surface area (Å²) in [5, 5.41) is 10.9. The van der Waals surface area contributed by atoms with E-state index in [0.717, 1.165) is 49.5 Å². The molecule has 3 heteroatoms. The highest BCUT2D eigenvalue weighted by atomic mass is 16.5. The van der Waals surface area contributed by atoms with E-state index in [4.69, 9.17) is 4.74 Å². The zero-order valence-electron chi connectivity index (χ0n) is 14.9. The molecule has 0 atom stereocenters. The average Bonchev–Trinajstić information content (AvgIpc) is 2.57. The fraction of sp³-hybridized carbons (Fsp3) is 0.429. The molecule has 1 heterocycles. The first-order valence-corrected chi connectivity index (χ1v) is 8.67. The van der Waals surface area contributed by atoms with Gasteiger partial charge in [-0.3, -0.25) is 4.90 Å². The number of phenolic OH excluding ortho intramolecular Hbond substituents is 1. The van der Waals surface area contributed by atoms with Crippen molar-refractivity contribution >= 4 is 0 Å². The summed E-state index contributed by atoms with van der Waals surface area (Å²) < 4.78 is 5.43. The largest absolute Gasteiger partial charge is 0.507 e. The third-order valence-corrected chi connectivity index (χ3v) is 4.64. The molecule has 0 radical (unpaired) electrons. The van der Waals surface area contributed by atoms with E-state index >= 15 is 0 Å². The Balaban J connectivity index is 2.03. The zero-order chi connectivity index (χ0) is 17.2. The Labute approximate surface area is 144 Å². The van der Waals surface area contributed by atoms with Crippen molar-refractivity contribution in [1.29, 1.82) is 0 Å². The molecule has 0 aromatic heterocycles. The minimum atomic E-state index is 0.0387. The monoisotopic (exact) mass is 325 g/mol. The maximum Gasteiger partial charge on any atom is 0.127 e. The molecular formula is C21H27NO2. The molecular weight excluding hydrogens is 298 g/mol. The van der Waals surface area contributed by atoms with Crippen LogP contribution in [0.15, 0.2) is 42.5 Å². The van der Waals surface area contributed by atoms with Gasteiger partial charge in [0, 0.05) is 30.8 Å². The molecule has 0 spiro atoms. The second-order valence-electron chi connectivity index (χ2n) is 7.54. The lowest BCUT2D eigenvalue weighted by Gasteiger charge is -2.28. The van der Waals surface area contributed by atoms with E-state index in [2.05, 4.69) is 49.9 Å². The van der Waals surface area contributed by atoms with Gasteiger partial charge in [-0.2, -0.15) is 0 Å². The molecule has 3 rings (SSSR count). The average molecular weight is 325 g/mol. The number of aromatic hydroxyl groups is 1. The molecule has 1 aliphatic rings. The molecule has 2 aromatic rings. The molecule has 0 unspecified atom stereocenters. The van der Waals surface area contributed by atoms with Crippen LogP contribution in [0.3, 0.4) is 0 Å². The van der Waals surface area contributed by atoms with Gasteiger partial charge in [0.2, 0.25) is 0 Å². The van der Waals surface area contributed by atoms with E-state index < -0.39 is 0 Å². The van der Waals surface area contributed by atoms with E-state index in [1.807, 2.05) is 18.2 Å². The number of hydrogen-bond acceptors (Lipinski definition) is 3. The van der Waals surface area contributed by atoms with Gasteiger partial charge in [0.05, 0.1) is 13.2 Å². The Hall–Kier alpha value is -1.84. The van der Waals surface area contributed by atoms with Crippen molar-refractivity contribution < 1.29 is 9.84 Å². The molecule has 0 bridgehead atoms. The van der Waals surface area contributed by atoms with Gasteiger partial charge in [0.1, 0.15) is 5.75 Å². The van der Waals surface area contributed by atoms with Crippen LogP contribution in [0.4, 0.5) is 0 Å². The highest BCUT2D eigenvalue weighted by Crippen LogP contribution is 2.37. The van der Waals surface area contributed by atoms with E-state index in [0.29, 0.717) is 5.75 Å². The molecule has 0 aliphatic carbocycles. The molecule has 2 aromatic carbocycles. The normalized spacial score (nSPS) is 16.3. The number of morpholine rings is 1. The summed E-state index contributed by atoms with van der Waals surface area (Å²) in [5.41, 5.74) is 4.28. The third-order valence-electron chi connectivity index (χ3n) is 4.64. The predicted molar refractivity (Wildman–Crippen MR) is 98.3 cm³/mol. The molecule has 1 fully saturated rings. The fourth-order valence-electron chi connectivity index (χ4n) is 3.09. The maximum atomic E-state index is 10.9. The van der Waals surface area contributed by atoms with Crippen molar-refractivity contribution in [2.45, 2.75) is 32.7 Å². The summed E-state index contributed by atoms with van der Waals surface area (Å²) in [7, 11) is 0. The predicted octanol–water partition coefficient (Wildman–Crippen LogP) is 4.19. The van der Waals surface area contributed by atoms with Crippen LogP contribution in [0.5, 0.6) is 5.75 Å². The Kier molecular flexibility index (Phi) is 4.93. The van der Waals surface area contributed by atoms with Crippen LogP contribution in [0.2, 0.25) is 0 Å². The lowest BCUT2D eigenvalue weighted by molar-refractivity contribution is 0.0339. The smallest absolute Gasteiger partial charge is 0.127 e. The van der Waals surface area contributed by atoms with Gasteiger partial charge >= 0.3 is 0 Å². The second-order valence-corrected chi connectivity index (χ2v) is 7.54.